The number of sulfone groups is 1. The van der Waals surface area contributed by atoms with Crippen LogP contribution in [0.1, 0.15) is 36.1 Å². The minimum atomic E-state index is -4.56. The van der Waals surface area contributed by atoms with E-state index >= 15 is 0 Å². The van der Waals surface area contributed by atoms with Gasteiger partial charge in [0.15, 0.2) is 5.78 Å². The lowest BCUT2D eigenvalue weighted by molar-refractivity contribution is -0.137. The van der Waals surface area contributed by atoms with Crippen molar-refractivity contribution in [2.75, 3.05) is 6.54 Å². The molecular formula is C29H25ClF3N3O5S3. The minimum absolute atomic E-state index is 0.0347. The minimum Gasteiger partial charge on any atom is -0.298 e. The summed E-state index contributed by atoms with van der Waals surface area (Å²) in [6.07, 6.45) is -3.94. The van der Waals surface area contributed by atoms with Crippen molar-refractivity contribution in [3.8, 4) is 11.3 Å². The van der Waals surface area contributed by atoms with Gasteiger partial charge in [0.25, 0.3) is 10.0 Å². The third-order valence-electron chi connectivity index (χ3n) is 7.06. The molecule has 1 saturated heterocycles. The predicted octanol–water partition coefficient (Wildman–Crippen LogP) is 6.21. The lowest BCUT2D eigenvalue weighted by Gasteiger charge is -2.22. The Morgan fingerprint density at radius 2 is 1.68 bits per heavy atom. The van der Waals surface area contributed by atoms with Crippen molar-refractivity contribution in [3.05, 3.63) is 94.0 Å². The molecule has 0 aliphatic carbocycles. The largest absolute Gasteiger partial charge is 0.416 e. The van der Waals surface area contributed by atoms with Crippen LogP contribution in [0.25, 0.3) is 11.3 Å². The summed E-state index contributed by atoms with van der Waals surface area (Å²) >= 11 is 6.83. The van der Waals surface area contributed by atoms with Gasteiger partial charge in [0.1, 0.15) is 4.21 Å². The summed E-state index contributed by atoms with van der Waals surface area (Å²) in [6, 6.07) is 15.8. The molecule has 15 heteroatoms. The molecule has 0 saturated carbocycles. The van der Waals surface area contributed by atoms with Gasteiger partial charge in [-0.05, 0) is 55.2 Å². The molecule has 232 valence electrons. The molecule has 1 aliphatic heterocycles. The smallest absolute Gasteiger partial charge is 0.298 e. The van der Waals surface area contributed by atoms with E-state index in [4.69, 9.17) is 11.6 Å². The summed E-state index contributed by atoms with van der Waals surface area (Å²) in [7, 11) is -8.04. The van der Waals surface area contributed by atoms with Crippen LogP contribution in [0, 0.1) is 0 Å². The first kappa shape index (κ1) is 32.2. The molecule has 2 aromatic carbocycles. The Labute approximate surface area is 261 Å². The summed E-state index contributed by atoms with van der Waals surface area (Å²) in [6.45, 7) is 0.168. The molecule has 0 unspecified atom stereocenters. The number of ketones is 1. The number of nitrogens with zero attached hydrogens (tertiary/aromatic N) is 3. The van der Waals surface area contributed by atoms with Crippen LogP contribution >= 0.6 is 22.9 Å². The van der Waals surface area contributed by atoms with Crippen molar-refractivity contribution in [1.29, 1.82) is 0 Å². The summed E-state index contributed by atoms with van der Waals surface area (Å²) in [5.41, 5.74) is 0.0860. The number of carbonyl (C=O) groups excluding carboxylic acids is 1. The number of benzene rings is 2. The van der Waals surface area contributed by atoms with Gasteiger partial charge in [-0.3, -0.25) is 4.79 Å². The van der Waals surface area contributed by atoms with Gasteiger partial charge in [0.2, 0.25) is 15.0 Å². The molecule has 0 bridgehead atoms. The number of hydrogen-bond donors (Lipinski definition) is 0. The number of carbonyl (C=O) groups is 1. The molecule has 4 aromatic rings. The van der Waals surface area contributed by atoms with Crippen molar-refractivity contribution in [3.63, 3.8) is 0 Å². The van der Waals surface area contributed by atoms with E-state index in [1.807, 2.05) is 0 Å². The Bertz CT molecular complexity index is 1880. The van der Waals surface area contributed by atoms with Gasteiger partial charge in [0.05, 0.1) is 27.4 Å². The van der Waals surface area contributed by atoms with Crippen LogP contribution in [0.15, 0.2) is 82.2 Å². The maximum Gasteiger partial charge on any atom is 0.416 e. The zero-order chi connectivity index (χ0) is 31.7. The molecule has 8 nitrogen and oxygen atoms in total. The van der Waals surface area contributed by atoms with E-state index in [1.165, 1.54) is 34.6 Å². The Morgan fingerprint density at radius 3 is 2.32 bits per heavy atom. The maximum absolute atomic E-state index is 13.3. The summed E-state index contributed by atoms with van der Waals surface area (Å²) < 4.78 is 94.0. The Balaban J connectivity index is 1.43. The maximum atomic E-state index is 13.3. The number of sulfonamides is 1. The average Bonchev–Trinajstić information content (AvgIpc) is 3.66. The van der Waals surface area contributed by atoms with Gasteiger partial charge < -0.3 is 0 Å². The first-order chi connectivity index (χ1) is 20.7. The second-order valence-electron chi connectivity index (χ2n) is 10.1. The highest BCUT2D eigenvalue weighted by molar-refractivity contribution is 7.91. The normalized spacial score (nSPS) is 16.3. The quantitative estimate of drug-likeness (QED) is 0.183. The Hall–Kier alpha value is -3.17. The van der Waals surface area contributed by atoms with E-state index in [9.17, 15) is 34.8 Å². The Morgan fingerprint density at radius 1 is 0.977 bits per heavy atom. The molecule has 0 radical (unpaired) electrons. The molecule has 2 aromatic heterocycles. The number of Topliss-reactive ketones (excluding diaryl/α,β-unsaturated/α-hetero) is 1. The summed E-state index contributed by atoms with van der Waals surface area (Å²) in [5, 5.41) is -0.527. The monoisotopic (exact) mass is 683 g/mol. The van der Waals surface area contributed by atoms with Gasteiger partial charge in [-0.1, -0.05) is 54.1 Å². The van der Waals surface area contributed by atoms with Gasteiger partial charge in [-0.25, -0.2) is 26.8 Å². The van der Waals surface area contributed by atoms with Crippen molar-refractivity contribution in [2.24, 2.45) is 0 Å². The standard InChI is InChI=1S/C29H25ClF3N3O5S3/c30-26-14-15-27(42-26)44(40,41)36-16-4-7-24(36)25(37)13-12-22-17-23(20-8-10-21(11-9-20)29(31,32)33)35-28(34-22)43(38,39)18-19-5-2-1-3-6-19/h1-3,5-6,8-11,14-15,17,24H,4,7,12-13,16,18H2/t24-/m0/s1. The highest BCUT2D eigenvalue weighted by Gasteiger charge is 2.39. The van der Waals surface area contributed by atoms with Crippen LogP contribution < -0.4 is 0 Å². The molecule has 0 N–H and O–H groups in total. The molecule has 5 rings (SSSR count). The number of thiophene rings is 1. The fourth-order valence-electron chi connectivity index (χ4n) is 4.90. The number of alkyl halides is 3. The number of rotatable bonds is 10. The van der Waals surface area contributed by atoms with Crippen molar-refractivity contribution in [1.82, 2.24) is 14.3 Å². The van der Waals surface area contributed by atoms with Crippen LogP contribution in [-0.2, 0) is 43.0 Å². The third kappa shape index (κ3) is 7.20. The molecular weight excluding hydrogens is 659 g/mol. The fourth-order valence-corrected chi connectivity index (χ4v) is 9.44. The first-order valence-electron chi connectivity index (χ1n) is 13.4. The van der Waals surface area contributed by atoms with Crippen LogP contribution in [0.4, 0.5) is 13.2 Å². The first-order valence-corrected chi connectivity index (χ1v) is 17.6. The second-order valence-corrected chi connectivity index (χ2v) is 15.9. The summed E-state index contributed by atoms with van der Waals surface area (Å²) in [5.74, 6) is -0.776. The van der Waals surface area contributed by atoms with Gasteiger partial charge in [0, 0.05) is 24.2 Å². The van der Waals surface area contributed by atoms with E-state index < -0.39 is 48.6 Å². The van der Waals surface area contributed by atoms with E-state index in [1.54, 1.807) is 30.3 Å². The van der Waals surface area contributed by atoms with Gasteiger partial charge in [-0.2, -0.15) is 17.5 Å². The van der Waals surface area contributed by atoms with Crippen LogP contribution in [0.5, 0.6) is 0 Å². The molecule has 1 atom stereocenters. The molecule has 0 amide bonds. The molecule has 1 fully saturated rings. The molecule has 44 heavy (non-hydrogen) atoms. The lowest BCUT2D eigenvalue weighted by Crippen LogP contribution is -2.40. The zero-order valence-corrected chi connectivity index (χ0v) is 26.1. The highest BCUT2D eigenvalue weighted by Crippen LogP contribution is 2.34. The highest BCUT2D eigenvalue weighted by atomic mass is 35.5. The van der Waals surface area contributed by atoms with E-state index in [-0.39, 0.29) is 46.3 Å². The molecule has 1 aliphatic rings. The van der Waals surface area contributed by atoms with Gasteiger partial charge >= 0.3 is 6.18 Å². The second kappa shape index (κ2) is 12.7. The summed E-state index contributed by atoms with van der Waals surface area (Å²) in [4.78, 5) is 21.7. The van der Waals surface area contributed by atoms with Crippen molar-refractivity contribution in [2.45, 2.75) is 53.0 Å². The number of aryl methyl sites for hydroxylation is 1. The van der Waals surface area contributed by atoms with Crippen LogP contribution in [0.2, 0.25) is 4.34 Å². The number of aromatic nitrogens is 2. The molecule has 3 heterocycles. The van der Waals surface area contributed by atoms with E-state index in [2.05, 4.69) is 9.97 Å². The number of halogens is 4. The van der Waals surface area contributed by atoms with E-state index in [0.29, 0.717) is 22.7 Å². The van der Waals surface area contributed by atoms with Crippen LogP contribution in [-0.4, -0.2) is 49.5 Å². The molecule has 0 spiro atoms. The van der Waals surface area contributed by atoms with Crippen LogP contribution in [0.3, 0.4) is 0 Å². The zero-order valence-electron chi connectivity index (χ0n) is 22.9. The van der Waals surface area contributed by atoms with Crippen molar-refractivity contribution < 1.29 is 34.8 Å². The SMILES string of the molecule is O=C(CCc1cc(-c2ccc(C(F)(F)F)cc2)nc(S(=O)(=O)Cc2ccccc2)n1)[C@@H]1CCCN1S(=O)(=O)c1ccc(Cl)s1. The average molecular weight is 684 g/mol. The van der Waals surface area contributed by atoms with Crippen molar-refractivity contribution >= 4 is 48.6 Å². The topological polar surface area (TPSA) is 114 Å². The third-order valence-corrected chi connectivity index (χ3v) is 12.1. The van der Waals surface area contributed by atoms with E-state index in [0.717, 1.165) is 23.5 Å². The lowest BCUT2D eigenvalue weighted by atomic mass is 10.0. The fraction of sp³-hybridized carbons (Fsp3) is 0.276. The van der Waals surface area contributed by atoms with Gasteiger partial charge in [-0.15, -0.1) is 11.3 Å². The predicted molar refractivity (Wildman–Crippen MR) is 159 cm³/mol. The Kier molecular flexibility index (Phi) is 9.29. The number of hydrogen-bond acceptors (Lipinski definition) is 8.